The summed E-state index contributed by atoms with van der Waals surface area (Å²) in [6, 6.07) is 4.85. The fraction of sp³-hybridized carbons (Fsp3) is 0.250. The minimum atomic E-state index is -1.42. The molecule has 35 heavy (non-hydrogen) atoms. The third-order valence-corrected chi connectivity index (χ3v) is 6.79. The van der Waals surface area contributed by atoms with Gasteiger partial charge in [-0.25, -0.2) is 19.2 Å². The van der Waals surface area contributed by atoms with Crippen molar-refractivity contribution >= 4 is 39.9 Å². The van der Waals surface area contributed by atoms with Crippen molar-refractivity contribution in [1.29, 1.82) is 0 Å². The molecule has 1 aliphatic rings. The van der Waals surface area contributed by atoms with Crippen LogP contribution in [0.5, 0.6) is 0 Å². The van der Waals surface area contributed by atoms with Crippen LogP contribution in [0.1, 0.15) is 28.8 Å². The van der Waals surface area contributed by atoms with E-state index < -0.39 is 22.8 Å². The molecule has 0 unspecified atom stereocenters. The zero-order chi connectivity index (χ0) is 24.5. The van der Waals surface area contributed by atoms with E-state index in [2.05, 4.69) is 15.0 Å². The SMILES string of the molecule is O=C(O)c1cn(-c2nccs2)c2nc(N3CC(C(=O)CCCc4cccnc4)C3)c(F)cc2c1=O. The maximum Gasteiger partial charge on any atom is 0.341 e. The number of halogens is 1. The van der Waals surface area contributed by atoms with E-state index in [4.69, 9.17) is 0 Å². The quantitative estimate of drug-likeness (QED) is 0.398. The molecule has 1 N–H and O–H groups in total. The zero-order valence-electron chi connectivity index (χ0n) is 18.4. The number of anilines is 1. The molecule has 0 aliphatic carbocycles. The van der Waals surface area contributed by atoms with Crippen molar-refractivity contribution in [3.8, 4) is 5.13 Å². The van der Waals surface area contributed by atoms with Crippen molar-refractivity contribution in [2.75, 3.05) is 18.0 Å². The largest absolute Gasteiger partial charge is 0.477 e. The number of Topliss-reactive ketones (excluding diaryl/α,β-unsaturated/α-hetero) is 1. The Kier molecular flexibility index (Phi) is 6.08. The lowest BCUT2D eigenvalue weighted by Crippen LogP contribution is -2.51. The molecule has 0 spiro atoms. The summed E-state index contributed by atoms with van der Waals surface area (Å²) in [5.41, 5.74) is -0.126. The summed E-state index contributed by atoms with van der Waals surface area (Å²) >= 11 is 1.23. The Bertz CT molecular complexity index is 1470. The fourth-order valence-electron chi connectivity index (χ4n) is 4.14. The number of carboxylic acids is 1. The monoisotopic (exact) mass is 493 g/mol. The van der Waals surface area contributed by atoms with Gasteiger partial charge in [-0.2, -0.15) is 0 Å². The number of aryl methyl sites for hydroxylation is 1. The molecule has 1 saturated heterocycles. The first-order chi connectivity index (χ1) is 16.9. The highest BCUT2D eigenvalue weighted by atomic mass is 32.1. The number of aromatic carboxylic acids is 1. The number of carbonyl (C=O) groups is 2. The molecule has 11 heteroatoms. The van der Waals surface area contributed by atoms with Gasteiger partial charge in [-0.15, -0.1) is 11.3 Å². The van der Waals surface area contributed by atoms with Gasteiger partial charge >= 0.3 is 5.97 Å². The molecule has 0 bridgehead atoms. The number of carboxylic acid groups (broad SMARTS) is 1. The molecule has 4 aromatic rings. The Morgan fingerprint density at radius 2 is 2.09 bits per heavy atom. The number of pyridine rings is 3. The number of carbonyl (C=O) groups excluding carboxylic acids is 1. The van der Waals surface area contributed by atoms with E-state index >= 15 is 0 Å². The third-order valence-electron chi connectivity index (χ3n) is 6.02. The topological polar surface area (TPSA) is 118 Å². The summed E-state index contributed by atoms with van der Waals surface area (Å²) in [5, 5.41) is 11.4. The second kappa shape index (κ2) is 9.34. The van der Waals surface area contributed by atoms with Crippen LogP contribution in [0.15, 0.2) is 53.2 Å². The van der Waals surface area contributed by atoms with Crippen molar-refractivity contribution in [3.05, 3.63) is 75.5 Å². The molecule has 0 radical (unpaired) electrons. The van der Waals surface area contributed by atoms with Crippen LogP contribution in [0.2, 0.25) is 0 Å². The van der Waals surface area contributed by atoms with Crippen molar-refractivity contribution in [2.45, 2.75) is 19.3 Å². The van der Waals surface area contributed by atoms with Gasteiger partial charge in [-0.3, -0.25) is 19.1 Å². The highest BCUT2D eigenvalue weighted by Crippen LogP contribution is 2.30. The van der Waals surface area contributed by atoms with Crippen LogP contribution in [0.25, 0.3) is 16.2 Å². The van der Waals surface area contributed by atoms with Gasteiger partial charge in [-0.1, -0.05) is 6.07 Å². The van der Waals surface area contributed by atoms with Gasteiger partial charge in [0.05, 0.1) is 11.3 Å². The molecule has 5 heterocycles. The van der Waals surface area contributed by atoms with Gasteiger partial charge in [0.1, 0.15) is 11.3 Å². The summed E-state index contributed by atoms with van der Waals surface area (Å²) in [6.45, 7) is 0.658. The van der Waals surface area contributed by atoms with Crippen LogP contribution in [-0.2, 0) is 11.2 Å². The first-order valence-corrected chi connectivity index (χ1v) is 11.9. The summed E-state index contributed by atoms with van der Waals surface area (Å²) in [5.74, 6) is -2.23. The number of nitrogens with zero attached hydrogens (tertiary/aromatic N) is 5. The second-order valence-corrected chi connectivity index (χ2v) is 9.18. The number of rotatable bonds is 8. The lowest BCUT2D eigenvalue weighted by Gasteiger charge is -2.39. The standard InChI is InChI=1S/C24H20FN5O4S/c25-18-9-16-20(32)17(23(33)34)13-30(24-27-7-8-35-24)21(16)28-22(18)29-11-15(12-29)19(31)5-1-3-14-4-2-6-26-10-14/h2,4,6-10,13,15H,1,3,5,11-12H2,(H,33,34). The molecule has 0 aromatic carbocycles. The summed E-state index contributed by atoms with van der Waals surface area (Å²) in [6.07, 6.45) is 8.11. The highest BCUT2D eigenvalue weighted by molar-refractivity contribution is 7.12. The molecule has 0 amide bonds. The van der Waals surface area contributed by atoms with Crippen LogP contribution in [0.3, 0.4) is 0 Å². The summed E-state index contributed by atoms with van der Waals surface area (Å²) in [4.78, 5) is 51.1. The average Bonchev–Trinajstić information content (AvgIpc) is 3.34. The number of fused-ring (bicyclic) bond motifs is 1. The molecule has 1 fully saturated rings. The van der Waals surface area contributed by atoms with E-state index in [-0.39, 0.29) is 28.6 Å². The Hall–Kier alpha value is -3.99. The van der Waals surface area contributed by atoms with Crippen LogP contribution >= 0.6 is 11.3 Å². The molecule has 4 aromatic heterocycles. The zero-order valence-corrected chi connectivity index (χ0v) is 19.2. The van der Waals surface area contributed by atoms with E-state index in [1.54, 1.807) is 22.7 Å². The van der Waals surface area contributed by atoms with Crippen molar-refractivity contribution in [3.63, 3.8) is 0 Å². The van der Waals surface area contributed by atoms with Gasteiger partial charge < -0.3 is 10.0 Å². The van der Waals surface area contributed by atoms with Crippen molar-refractivity contribution in [2.24, 2.45) is 5.92 Å². The first kappa shape index (κ1) is 22.8. The van der Waals surface area contributed by atoms with E-state index in [9.17, 15) is 23.9 Å². The van der Waals surface area contributed by atoms with Crippen LogP contribution in [0, 0.1) is 11.7 Å². The predicted molar refractivity (Wildman–Crippen MR) is 128 cm³/mol. The normalized spacial score (nSPS) is 13.7. The average molecular weight is 494 g/mol. The molecule has 9 nitrogen and oxygen atoms in total. The molecule has 178 valence electrons. The maximum atomic E-state index is 15.0. The number of hydrogen-bond donors (Lipinski definition) is 1. The van der Waals surface area contributed by atoms with Crippen molar-refractivity contribution < 1.29 is 19.1 Å². The summed E-state index contributed by atoms with van der Waals surface area (Å²) in [7, 11) is 0. The lowest BCUT2D eigenvalue weighted by atomic mass is 9.91. The first-order valence-electron chi connectivity index (χ1n) is 11.0. The van der Waals surface area contributed by atoms with E-state index in [1.165, 1.54) is 22.1 Å². The van der Waals surface area contributed by atoms with E-state index in [0.717, 1.165) is 30.7 Å². The lowest BCUT2D eigenvalue weighted by molar-refractivity contribution is -0.123. The van der Waals surface area contributed by atoms with Crippen LogP contribution < -0.4 is 10.3 Å². The molecule has 0 atom stereocenters. The van der Waals surface area contributed by atoms with Gasteiger partial charge in [0.2, 0.25) is 5.43 Å². The highest BCUT2D eigenvalue weighted by Gasteiger charge is 2.35. The fourth-order valence-corrected chi connectivity index (χ4v) is 4.76. The van der Waals surface area contributed by atoms with Crippen LogP contribution in [-0.4, -0.2) is 49.5 Å². The predicted octanol–water partition coefficient (Wildman–Crippen LogP) is 3.10. The maximum absolute atomic E-state index is 15.0. The molecular weight excluding hydrogens is 473 g/mol. The molecular formula is C24H20FN5O4S. The Morgan fingerprint density at radius 3 is 2.77 bits per heavy atom. The smallest absolute Gasteiger partial charge is 0.341 e. The minimum absolute atomic E-state index is 0.0182. The number of aromatic nitrogens is 4. The van der Waals surface area contributed by atoms with Crippen molar-refractivity contribution in [1.82, 2.24) is 19.5 Å². The van der Waals surface area contributed by atoms with Gasteiger partial charge in [0.15, 0.2) is 22.4 Å². The Morgan fingerprint density at radius 1 is 1.26 bits per heavy atom. The second-order valence-electron chi connectivity index (χ2n) is 8.31. The number of thiazole rings is 1. The number of ketones is 1. The molecule has 5 rings (SSSR count). The van der Waals surface area contributed by atoms with Gasteiger partial charge in [-0.05, 0) is 30.5 Å². The van der Waals surface area contributed by atoms with E-state index in [1.807, 2.05) is 12.1 Å². The van der Waals surface area contributed by atoms with Crippen LogP contribution in [0.4, 0.5) is 10.2 Å². The molecule has 0 saturated carbocycles. The Labute approximate surface area is 202 Å². The third kappa shape index (κ3) is 4.42. The summed E-state index contributed by atoms with van der Waals surface area (Å²) < 4.78 is 16.4. The van der Waals surface area contributed by atoms with Gasteiger partial charge in [0.25, 0.3) is 0 Å². The minimum Gasteiger partial charge on any atom is -0.477 e. The Balaban J connectivity index is 1.36. The van der Waals surface area contributed by atoms with E-state index in [0.29, 0.717) is 24.6 Å². The number of hydrogen-bond acceptors (Lipinski definition) is 8. The molecule has 1 aliphatic heterocycles. The van der Waals surface area contributed by atoms with Gasteiger partial charge in [0, 0.05) is 49.7 Å².